The van der Waals surface area contributed by atoms with Crippen molar-refractivity contribution >= 4 is 23.8 Å². The Labute approximate surface area is 137 Å². The maximum absolute atomic E-state index is 12.4. The number of aromatic hydroxyl groups is 1. The number of carbonyl (C=O) groups is 1. The summed E-state index contributed by atoms with van der Waals surface area (Å²) in [5.74, 6) is -0.948. The molecule has 6 heteroatoms. The molecule has 0 saturated heterocycles. The molecule has 0 unspecified atom stereocenters. The highest BCUT2D eigenvalue weighted by atomic mass is 16.4. The second-order valence-electron chi connectivity index (χ2n) is 5.31. The molecule has 0 aliphatic carbocycles. The van der Waals surface area contributed by atoms with Gasteiger partial charge in [0.1, 0.15) is 11.4 Å². The third-order valence-electron chi connectivity index (χ3n) is 3.64. The van der Waals surface area contributed by atoms with Crippen molar-refractivity contribution in [2.75, 3.05) is 0 Å². The number of phenols is 1. The molecule has 1 aromatic carbocycles. The number of hydrogen-bond donors (Lipinski definition) is 2. The van der Waals surface area contributed by atoms with E-state index in [1.807, 2.05) is 6.07 Å². The Bertz CT molecular complexity index is 1030. The molecule has 0 amide bonds. The molecule has 0 aliphatic heterocycles. The topological polar surface area (TPSA) is 91.9 Å². The number of nitrogens with zero attached hydrogens (tertiary/aromatic N) is 2. The van der Waals surface area contributed by atoms with E-state index < -0.39 is 5.97 Å². The van der Waals surface area contributed by atoms with Gasteiger partial charge in [-0.1, -0.05) is 18.2 Å². The quantitative estimate of drug-likeness (QED) is 0.773. The van der Waals surface area contributed by atoms with Crippen molar-refractivity contribution in [2.24, 2.45) is 0 Å². The van der Waals surface area contributed by atoms with Gasteiger partial charge >= 0.3 is 5.97 Å². The maximum Gasteiger partial charge on any atom is 0.337 e. The van der Waals surface area contributed by atoms with Gasteiger partial charge in [0.15, 0.2) is 0 Å². The number of aromatic nitrogens is 2. The van der Waals surface area contributed by atoms with Gasteiger partial charge < -0.3 is 10.2 Å². The molecule has 0 spiro atoms. The minimum absolute atomic E-state index is 0.0221. The Morgan fingerprint density at radius 2 is 2.00 bits per heavy atom. The summed E-state index contributed by atoms with van der Waals surface area (Å²) in [4.78, 5) is 27.9. The maximum atomic E-state index is 12.4. The van der Waals surface area contributed by atoms with E-state index in [1.165, 1.54) is 22.7 Å². The number of pyridine rings is 1. The molecule has 24 heavy (non-hydrogen) atoms. The van der Waals surface area contributed by atoms with Gasteiger partial charge in [-0.3, -0.25) is 9.20 Å². The van der Waals surface area contributed by atoms with E-state index >= 15 is 0 Å². The Hall–Kier alpha value is -3.41. The zero-order valence-electron chi connectivity index (χ0n) is 12.8. The van der Waals surface area contributed by atoms with E-state index in [0.29, 0.717) is 16.9 Å². The molecule has 2 aromatic heterocycles. The predicted octanol–water partition coefficient (Wildman–Crippen LogP) is 2.58. The lowest BCUT2D eigenvalue weighted by atomic mass is 10.1. The summed E-state index contributed by atoms with van der Waals surface area (Å²) in [6.45, 7) is 1.64. The molecule has 120 valence electrons. The van der Waals surface area contributed by atoms with Crippen molar-refractivity contribution in [1.82, 2.24) is 9.38 Å². The first-order chi connectivity index (χ1) is 11.5. The summed E-state index contributed by atoms with van der Waals surface area (Å²) in [6.07, 6.45) is 4.70. The number of aromatic carboxylic acids is 1. The zero-order chi connectivity index (χ0) is 17.3. The van der Waals surface area contributed by atoms with Crippen LogP contribution in [0.3, 0.4) is 0 Å². The van der Waals surface area contributed by atoms with Crippen molar-refractivity contribution in [3.05, 3.63) is 75.3 Å². The standard InChI is InChI=1S/C18H14N2O4/c1-11-15(7-5-12-3-2-4-14(21)9-12)19-16-8-6-13(18(23)24)10-20(16)17(11)22/h2-10,21H,1H3,(H,23,24)/b7-5+. The summed E-state index contributed by atoms with van der Waals surface area (Å²) >= 11 is 0. The second-order valence-corrected chi connectivity index (χ2v) is 5.31. The van der Waals surface area contributed by atoms with Gasteiger partial charge in [0.25, 0.3) is 5.56 Å². The van der Waals surface area contributed by atoms with E-state index in [1.54, 1.807) is 37.3 Å². The van der Waals surface area contributed by atoms with Crippen LogP contribution in [-0.4, -0.2) is 25.6 Å². The Balaban J connectivity index is 2.09. The first-order valence-corrected chi connectivity index (χ1v) is 7.19. The smallest absolute Gasteiger partial charge is 0.337 e. The Kier molecular flexibility index (Phi) is 3.87. The molecule has 0 bridgehead atoms. The van der Waals surface area contributed by atoms with Crippen LogP contribution in [0.4, 0.5) is 0 Å². The lowest BCUT2D eigenvalue weighted by Crippen LogP contribution is -2.20. The first kappa shape index (κ1) is 15.5. The molecule has 0 radical (unpaired) electrons. The van der Waals surface area contributed by atoms with E-state index in [0.717, 1.165) is 5.56 Å². The van der Waals surface area contributed by atoms with Crippen LogP contribution in [-0.2, 0) is 0 Å². The first-order valence-electron chi connectivity index (χ1n) is 7.19. The van der Waals surface area contributed by atoms with Gasteiger partial charge in [-0.25, -0.2) is 9.78 Å². The highest BCUT2D eigenvalue weighted by Gasteiger charge is 2.09. The fourth-order valence-corrected chi connectivity index (χ4v) is 2.34. The minimum Gasteiger partial charge on any atom is -0.508 e. The SMILES string of the molecule is Cc1c(/C=C/c2cccc(O)c2)nc2ccc(C(=O)O)cn2c1=O. The molecule has 0 aliphatic rings. The van der Waals surface area contributed by atoms with Crippen LogP contribution in [0.2, 0.25) is 0 Å². The molecular weight excluding hydrogens is 308 g/mol. The number of carboxylic acids is 1. The van der Waals surface area contributed by atoms with Crippen LogP contribution in [0, 0.1) is 6.92 Å². The Morgan fingerprint density at radius 1 is 1.21 bits per heavy atom. The molecule has 6 nitrogen and oxygen atoms in total. The summed E-state index contributed by atoms with van der Waals surface area (Å²) in [5, 5.41) is 18.5. The van der Waals surface area contributed by atoms with Gasteiger partial charge in [-0.15, -0.1) is 0 Å². The van der Waals surface area contributed by atoms with Crippen molar-refractivity contribution < 1.29 is 15.0 Å². The van der Waals surface area contributed by atoms with Crippen LogP contribution in [0.5, 0.6) is 5.75 Å². The van der Waals surface area contributed by atoms with Crippen molar-refractivity contribution in [3.63, 3.8) is 0 Å². The summed E-state index contributed by atoms with van der Waals surface area (Å²) in [6, 6.07) is 9.61. The number of phenolic OH excluding ortho intramolecular Hbond substituents is 1. The average Bonchev–Trinajstić information content (AvgIpc) is 2.56. The summed E-state index contributed by atoms with van der Waals surface area (Å²) < 4.78 is 1.23. The highest BCUT2D eigenvalue weighted by Crippen LogP contribution is 2.14. The van der Waals surface area contributed by atoms with E-state index in [4.69, 9.17) is 5.11 Å². The van der Waals surface area contributed by atoms with Crippen LogP contribution in [0.1, 0.15) is 27.2 Å². The highest BCUT2D eigenvalue weighted by molar-refractivity contribution is 5.87. The zero-order valence-corrected chi connectivity index (χ0v) is 12.8. The minimum atomic E-state index is -1.10. The van der Waals surface area contributed by atoms with Crippen LogP contribution in [0.25, 0.3) is 17.8 Å². The van der Waals surface area contributed by atoms with E-state index in [9.17, 15) is 14.7 Å². The molecule has 2 heterocycles. The van der Waals surface area contributed by atoms with Gasteiger partial charge in [0, 0.05) is 11.8 Å². The number of hydrogen-bond acceptors (Lipinski definition) is 4. The molecule has 0 fully saturated rings. The molecule has 0 saturated carbocycles. The largest absolute Gasteiger partial charge is 0.508 e. The van der Waals surface area contributed by atoms with E-state index in [2.05, 4.69) is 4.98 Å². The molecular formula is C18H14N2O4. The molecule has 3 aromatic rings. The number of rotatable bonds is 3. The van der Waals surface area contributed by atoms with Gasteiger partial charge in [-0.05, 0) is 42.8 Å². The number of benzene rings is 1. The summed E-state index contributed by atoms with van der Waals surface area (Å²) in [5.41, 5.74) is 1.74. The van der Waals surface area contributed by atoms with Crippen LogP contribution in [0.15, 0.2) is 47.4 Å². The summed E-state index contributed by atoms with van der Waals surface area (Å²) in [7, 11) is 0. The Morgan fingerprint density at radius 3 is 2.71 bits per heavy atom. The van der Waals surface area contributed by atoms with Crippen LogP contribution >= 0.6 is 0 Å². The fourth-order valence-electron chi connectivity index (χ4n) is 2.34. The van der Waals surface area contributed by atoms with Crippen molar-refractivity contribution in [3.8, 4) is 5.75 Å². The van der Waals surface area contributed by atoms with Crippen molar-refractivity contribution in [1.29, 1.82) is 0 Å². The third-order valence-corrected chi connectivity index (χ3v) is 3.64. The predicted molar refractivity (Wildman–Crippen MR) is 90.2 cm³/mol. The normalized spacial score (nSPS) is 11.2. The lowest BCUT2D eigenvalue weighted by molar-refractivity contribution is 0.0696. The second kappa shape index (κ2) is 6.00. The van der Waals surface area contributed by atoms with Gasteiger partial charge in [0.2, 0.25) is 0 Å². The van der Waals surface area contributed by atoms with Crippen molar-refractivity contribution in [2.45, 2.75) is 6.92 Å². The molecule has 0 atom stereocenters. The third kappa shape index (κ3) is 2.89. The monoisotopic (exact) mass is 322 g/mol. The van der Waals surface area contributed by atoms with Crippen LogP contribution < -0.4 is 5.56 Å². The molecule has 2 N–H and O–H groups in total. The van der Waals surface area contributed by atoms with Gasteiger partial charge in [0.05, 0.1) is 11.3 Å². The van der Waals surface area contributed by atoms with E-state index in [-0.39, 0.29) is 16.9 Å². The molecule has 3 rings (SSSR count). The fraction of sp³-hybridized carbons (Fsp3) is 0.0556. The number of carboxylic acid groups (broad SMARTS) is 1. The lowest BCUT2D eigenvalue weighted by Gasteiger charge is -2.06. The average molecular weight is 322 g/mol. The van der Waals surface area contributed by atoms with Gasteiger partial charge in [-0.2, -0.15) is 0 Å². The number of fused-ring (bicyclic) bond motifs is 1.